The SMILES string of the molecule is NC1=CNC=CC1. The third kappa shape index (κ3) is 0.961. The van der Waals surface area contributed by atoms with Gasteiger partial charge in [0.15, 0.2) is 0 Å². The molecule has 0 amide bonds. The van der Waals surface area contributed by atoms with Gasteiger partial charge in [-0.15, -0.1) is 0 Å². The van der Waals surface area contributed by atoms with Gasteiger partial charge in [0.1, 0.15) is 0 Å². The van der Waals surface area contributed by atoms with Gasteiger partial charge in [-0.1, -0.05) is 6.08 Å². The molecule has 0 unspecified atom stereocenters. The molecule has 0 aromatic rings. The number of nitrogens with one attached hydrogen (secondary N) is 1. The Balaban J connectivity index is 2.50. The summed E-state index contributed by atoms with van der Waals surface area (Å²) < 4.78 is 0. The van der Waals surface area contributed by atoms with Gasteiger partial charge in [-0.25, -0.2) is 0 Å². The molecule has 3 N–H and O–H groups in total. The summed E-state index contributed by atoms with van der Waals surface area (Å²) in [5.74, 6) is 0. The van der Waals surface area contributed by atoms with Crippen LogP contribution in [0.2, 0.25) is 0 Å². The molecule has 1 heterocycles. The summed E-state index contributed by atoms with van der Waals surface area (Å²) in [5.41, 5.74) is 6.27. The van der Waals surface area contributed by atoms with Gasteiger partial charge >= 0.3 is 0 Å². The van der Waals surface area contributed by atoms with Crippen LogP contribution < -0.4 is 11.1 Å². The van der Waals surface area contributed by atoms with Gasteiger partial charge in [0, 0.05) is 18.3 Å². The summed E-state index contributed by atoms with van der Waals surface area (Å²) in [7, 11) is 0. The molecule has 7 heavy (non-hydrogen) atoms. The summed E-state index contributed by atoms with van der Waals surface area (Å²) in [5, 5.41) is 2.87. The molecular formula is C5H8N2. The van der Waals surface area contributed by atoms with Crippen molar-refractivity contribution in [1.82, 2.24) is 5.32 Å². The lowest BCUT2D eigenvalue weighted by atomic mass is 10.3. The molecule has 38 valence electrons. The summed E-state index contributed by atoms with van der Waals surface area (Å²) in [6.07, 6.45) is 6.53. The van der Waals surface area contributed by atoms with Crippen LogP contribution in [0.5, 0.6) is 0 Å². The molecule has 0 saturated heterocycles. The Labute approximate surface area is 42.7 Å². The molecular weight excluding hydrogens is 88.1 g/mol. The molecule has 0 radical (unpaired) electrons. The predicted molar refractivity (Wildman–Crippen MR) is 29.2 cm³/mol. The number of allylic oxidation sites excluding steroid dienone is 1. The van der Waals surface area contributed by atoms with Crippen LogP contribution in [0.3, 0.4) is 0 Å². The Bertz CT molecular complexity index is 113. The number of rotatable bonds is 0. The van der Waals surface area contributed by atoms with Crippen LogP contribution in [-0.4, -0.2) is 0 Å². The van der Waals surface area contributed by atoms with Crippen molar-refractivity contribution >= 4 is 0 Å². The zero-order chi connectivity index (χ0) is 5.11. The van der Waals surface area contributed by atoms with E-state index < -0.39 is 0 Å². The van der Waals surface area contributed by atoms with Crippen LogP contribution in [0.1, 0.15) is 6.42 Å². The maximum Gasteiger partial charge on any atom is 0.0282 e. The van der Waals surface area contributed by atoms with Gasteiger partial charge in [0.25, 0.3) is 0 Å². The van der Waals surface area contributed by atoms with Crippen molar-refractivity contribution in [3.05, 3.63) is 24.2 Å². The van der Waals surface area contributed by atoms with E-state index in [2.05, 4.69) is 5.32 Å². The molecule has 2 heteroatoms. The van der Waals surface area contributed by atoms with E-state index in [1.807, 2.05) is 12.3 Å². The molecule has 0 atom stereocenters. The normalized spacial score (nSPS) is 18.0. The zero-order valence-electron chi connectivity index (χ0n) is 4.02. The Morgan fingerprint density at radius 2 is 2.57 bits per heavy atom. The van der Waals surface area contributed by atoms with E-state index in [9.17, 15) is 0 Å². The Morgan fingerprint density at radius 1 is 1.71 bits per heavy atom. The van der Waals surface area contributed by atoms with Crippen molar-refractivity contribution in [1.29, 1.82) is 0 Å². The first-order valence-corrected chi connectivity index (χ1v) is 2.25. The monoisotopic (exact) mass is 96.1 g/mol. The van der Waals surface area contributed by atoms with Crippen LogP contribution in [0.25, 0.3) is 0 Å². The lowest BCUT2D eigenvalue weighted by Crippen LogP contribution is -2.06. The van der Waals surface area contributed by atoms with E-state index in [1.165, 1.54) is 0 Å². The summed E-state index contributed by atoms with van der Waals surface area (Å²) >= 11 is 0. The van der Waals surface area contributed by atoms with Gasteiger partial charge in [-0.3, -0.25) is 0 Å². The first-order chi connectivity index (χ1) is 3.39. The van der Waals surface area contributed by atoms with E-state index in [0.717, 1.165) is 12.1 Å². The highest BCUT2D eigenvalue weighted by molar-refractivity contribution is 5.08. The molecule has 0 bridgehead atoms. The van der Waals surface area contributed by atoms with Crippen LogP contribution in [0, 0.1) is 0 Å². The van der Waals surface area contributed by atoms with E-state index in [-0.39, 0.29) is 0 Å². The predicted octanol–water partition coefficient (Wildman–Crippen LogP) is 0.294. The average Bonchev–Trinajstić information content (AvgIpc) is 1.69. The van der Waals surface area contributed by atoms with Gasteiger partial charge in [0.2, 0.25) is 0 Å². The number of nitrogens with two attached hydrogens (primary N) is 1. The quantitative estimate of drug-likeness (QED) is 0.455. The summed E-state index contributed by atoms with van der Waals surface area (Å²) in [4.78, 5) is 0. The highest BCUT2D eigenvalue weighted by Crippen LogP contribution is 1.95. The van der Waals surface area contributed by atoms with E-state index in [1.54, 1.807) is 6.20 Å². The van der Waals surface area contributed by atoms with Gasteiger partial charge in [0.05, 0.1) is 0 Å². The molecule has 0 saturated carbocycles. The van der Waals surface area contributed by atoms with Crippen LogP contribution in [0.4, 0.5) is 0 Å². The van der Waals surface area contributed by atoms with Crippen molar-refractivity contribution in [2.75, 3.05) is 0 Å². The molecule has 1 rings (SSSR count). The Hall–Kier alpha value is -0.920. The highest BCUT2D eigenvalue weighted by atomic mass is 14.8. The van der Waals surface area contributed by atoms with E-state index in [4.69, 9.17) is 5.73 Å². The van der Waals surface area contributed by atoms with Gasteiger partial charge in [-0.05, 0) is 6.20 Å². The molecule has 2 nitrogen and oxygen atoms in total. The minimum absolute atomic E-state index is 0.882. The summed E-state index contributed by atoms with van der Waals surface area (Å²) in [6.45, 7) is 0. The maximum absolute atomic E-state index is 5.38. The second-order valence-electron chi connectivity index (χ2n) is 1.49. The fourth-order valence-corrected chi connectivity index (χ4v) is 0.477. The molecule has 1 aliphatic heterocycles. The van der Waals surface area contributed by atoms with Crippen LogP contribution in [0.15, 0.2) is 24.2 Å². The van der Waals surface area contributed by atoms with Crippen LogP contribution in [-0.2, 0) is 0 Å². The lowest BCUT2D eigenvalue weighted by molar-refractivity contribution is 1.02. The van der Waals surface area contributed by atoms with Crippen molar-refractivity contribution in [2.24, 2.45) is 5.73 Å². The van der Waals surface area contributed by atoms with E-state index >= 15 is 0 Å². The topological polar surface area (TPSA) is 38.0 Å². The first-order valence-electron chi connectivity index (χ1n) is 2.25. The number of hydrogen-bond acceptors (Lipinski definition) is 2. The number of hydrogen-bond donors (Lipinski definition) is 2. The smallest absolute Gasteiger partial charge is 0.0282 e. The molecule has 0 aromatic carbocycles. The Kier molecular flexibility index (Phi) is 1.02. The summed E-state index contributed by atoms with van der Waals surface area (Å²) in [6, 6.07) is 0. The standard InChI is InChI=1S/C5H8N2/c6-5-2-1-3-7-4-5/h1,3-4,7H,2,6H2. The zero-order valence-corrected chi connectivity index (χ0v) is 4.02. The number of dihydropyridines is 1. The maximum atomic E-state index is 5.38. The molecule has 1 aliphatic rings. The fraction of sp³-hybridized carbons (Fsp3) is 0.200. The minimum Gasteiger partial charge on any atom is -0.401 e. The van der Waals surface area contributed by atoms with Gasteiger partial charge < -0.3 is 11.1 Å². The third-order valence-corrected chi connectivity index (χ3v) is 0.836. The van der Waals surface area contributed by atoms with Crippen molar-refractivity contribution in [2.45, 2.75) is 6.42 Å². The molecule has 0 fully saturated rings. The fourth-order valence-electron chi connectivity index (χ4n) is 0.477. The lowest BCUT2D eigenvalue weighted by Gasteiger charge is -2.00. The third-order valence-electron chi connectivity index (χ3n) is 0.836. The Morgan fingerprint density at radius 3 is 2.86 bits per heavy atom. The van der Waals surface area contributed by atoms with Gasteiger partial charge in [-0.2, -0.15) is 0 Å². The second-order valence-corrected chi connectivity index (χ2v) is 1.49. The van der Waals surface area contributed by atoms with E-state index in [0.29, 0.717) is 0 Å². The highest BCUT2D eigenvalue weighted by Gasteiger charge is 1.86. The first kappa shape index (κ1) is 4.24. The average molecular weight is 96.1 g/mol. The van der Waals surface area contributed by atoms with Crippen molar-refractivity contribution in [3.8, 4) is 0 Å². The second kappa shape index (κ2) is 1.69. The molecule has 0 aromatic heterocycles. The van der Waals surface area contributed by atoms with Crippen LogP contribution >= 0.6 is 0 Å². The molecule has 0 spiro atoms. The van der Waals surface area contributed by atoms with Crippen molar-refractivity contribution in [3.63, 3.8) is 0 Å². The minimum atomic E-state index is 0.882. The van der Waals surface area contributed by atoms with Crippen molar-refractivity contribution < 1.29 is 0 Å². The largest absolute Gasteiger partial charge is 0.401 e. The molecule has 0 aliphatic carbocycles.